The summed E-state index contributed by atoms with van der Waals surface area (Å²) >= 11 is 0. The fraction of sp³-hybridized carbons (Fsp3) is 0.538. The second kappa shape index (κ2) is 7.57. The van der Waals surface area contributed by atoms with Crippen molar-refractivity contribution >= 4 is 10.0 Å². The summed E-state index contributed by atoms with van der Waals surface area (Å²) in [6.45, 7) is 2.06. The molecular weight excluding hydrogens is 269 g/mol. The van der Waals surface area contributed by atoms with Gasteiger partial charge in [0, 0.05) is 6.54 Å². The third-order valence-electron chi connectivity index (χ3n) is 2.79. The van der Waals surface area contributed by atoms with Gasteiger partial charge in [0.05, 0.1) is 6.61 Å². The number of aliphatic hydroxyl groups is 1. The molecule has 0 atom stereocenters. The molecule has 1 aromatic rings. The zero-order valence-electron chi connectivity index (χ0n) is 11.0. The van der Waals surface area contributed by atoms with Crippen LogP contribution in [0.15, 0.2) is 23.1 Å². The summed E-state index contributed by atoms with van der Waals surface area (Å²) in [7, 11) is -3.81. The molecule has 4 nitrogen and oxygen atoms in total. The van der Waals surface area contributed by atoms with Crippen molar-refractivity contribution in [3.8, 4) is 0 Å². The molecule has 0 radical (unpaired) electrons. The number of sulfonamides is 1. The molecule has 0 heterocycles. The fourth-order valence-corrected chi connectivity index (χ4v) is 2.83. The maximum absolute atomic E-state index is 13.6. The first-order chi connectivity index (χ1) is 9.01. The van der Waals surface area contributed by atoms with Crippen LogP contribution in [-0.2, 0) is 16.6 Å². The Hall–Kier alpha value is -0.980. The molecule has 0 amide bonds. The van der Waals surface area contributed by atoms with E-state index in [0.29, 0.717) is 12.1 Å². The number of halogens is 1. The molecular formula is C13H20FNO3S. The van der Waals surface area contributed by atoms with Gasteiger partial charge in [-0.2, -0.15) is 0 Å². The summed E-state index contributed by atoms with van der Waals surface area (Å²) in [5.41, 5.74) is 0.347. The van der Waals surface area contributed by atoms with E-state index in [2.05, 4.69) is 11.6 Å². The van der Waals surface area contributed by atoms with Gasteiger partial charge in [-0.15, -0.1) is 0 Å². The zero-order valence-corrected chi connectivity index (χ0v) is 11.8. The Kier molecular flexibility index (Phi) is 6.41. The van der Waals surface area contributed by atoms with Crippen LogP contribution in [0.25, 0.3) is 0 Å². The maximum Gasteiger partial charge on any atom is 0.243 e. The van der Waals surface area contributed by atoms with E-state index >= 15 is 0 Å². The van der Waals surface area contributed by atoms with Crippen molar-refractivity contribution < 1.29 is 17.9 Å². The molecule has 0 spiro atoms. The Labute approximate surface area is 113 Å². The summed E-state index contributed by atoms with van der Waals surface area (Å²) in [5, 5.41) is 8.85. The lowest BCUT2D eigenvalue weighted by molar-refractivity contribution is 0.281. The topological polar surface area (TPSA) is 66.4 Å². The van der Waals surface area contributed by atoms with Crippen LogP contribution in [0.3, 0.4) is 0 Å². The number of hydrogen-bond acceptors (Lipinski definition) is 3. The predicted molar refractivity (Wildman–Crippen MR) is 71.7 cm³/mol. The van der Waals surface area contributed by atoms with Crippen LogP contribution in [-0.4, -0.2) is 20.1 Å². The highest BCUT2D eigenvalue weighted by molar-refractivity contribution is 7.89. The second-order valence-electron chi connectivity index (χ2n) is 4.38. The Morgan fingerprint density at radius 1 is 1.26 bits per heavy atom. The van der Waals surface area contributed by atoms with Crippen LogP contribution < -0.4 is 4.72 Å². The number of rotatable bonds is 8. The first-order valence-electron chi connectivity index (χ1n) is 6.40. The summed E-state index contributed by atoms with van der Waals surface area (Å²) in [6.07, 6.45) is 3.82. The molecule has 6 heteroatoms. The van der Waals surface area contributed by atoms with Gasteiger partial charge in [0.1, 0.15) is 10.7 Å². The normalized spacial score (nSPS) is 11.7. The van der Waals surface area contributed by atoms with Crippen LogP contribution in [0.4, 0.5) is 4.39 Å². The molecule has 0 fully saturated rings. The molecule has 1 rings (SSSR count). The van der Waals surface area contributed by atoms with Crippen LogP contribution in [0.1, 0.15) is 38.2 Å². The van der Waals surface area contributed by atoms with E-state index in [1.807, 2.05) is 0 Å². The van der Waals surface area contributed by atoms with E-state index in [4.69, 9.17) is 5.11 Å². The highest BCUT2D eigenvalue weighted by Crippen LogP contribution is 2.16. The minimum Gasteiger partial charge on any atom is -0.392 e. The van der Waals surface area contributed by atoms with Crippen molar-refractivity contribution in [1.82, 2.24) is 4.72 Å². The molecule has 19 heavy (non-hydrogen) atoms. The standard InChI is InChI=1S/C13H20FNO3S/c1-2-3-4-5-8-15-19(17,18)13-7-6-11(10-16)9-12(13)14/h6-7,9,15-16H,2-5,8,10H2,1H3. The number of aliphatic hydroxyl groups excluding tert-OH is 1. The van der Waals surface area contributed by atoms with E-state index in [1.54, 1.807) is 0 Å². The first-order valence-corrected chi connectivity index (χ1v) is 7.88. The number of hydrogen-bond donors (Lipinski definition) is 2. The van der Waals surface area contributed by atoms with E-state index in [0.717, 1.165) is 31.7 Å². The lowest BCUT2D eigenvalue weighted by Gasteiger charge is -2.08. The second-order valence-corrected chi connectivity index (χ2v) is 6.12. The molecule has 1 aromatic carbocycles. The quantitative estimate of drug-likeness (QED) is 0.721. The van der Waals surface area contributed by atoms with Gasteiger partial charge in [0.25, 0.3) is 0 Å². The minimum atomic E-state index is -3.81. The monoisotopic (exact) mass is 289 g/mol. The average molecular weight is 289 g/mol. The summed E-state index contributed by atoms with van der Waals surface area (Å²) < 4.78 is 39.8. The van der Waals surface area contributed by atoms with Gasteiger partial charge in [-0.05, 0) is 24.1 Å². The van der Waals surface area contributed by atoms with E-state index in [1.165, 1.54) is 12.1 Å². The van der Waals surface area contributed by atoms with Gasteiger partial charge in [-0.25, -0.2) is 17.5 Å². The lowest BCUT2D eigenvalue weighted by Crippen LogP contribution is -2.25. The molecule has 0 unspecified atom stereocenters. The molecule has 0 aliphatic heterocycles. The van der Waals surface area contributed by atoms with Gasteiger partial charge in [-0.1, -0.05) is 32.3 Å². The van der Waals surface area contributed by atoms with Crippen LogP contribution in [0, 0.1) is 5.82 Å². The van der Waals surface area contributed by atoms with E-state index in [9.17, 15) is 12.8 Å². The van der Waals surface area contributed by atoms with Gasteiger partial charge in [0.15, 0.2) is 0 Å². The lowest BCUT2D eigenvalue weighted by atomic mass is 10.2. The van der Waals surface area contributed by atoms with Crippen molar-refractivity contribution in [1.29, 1.82) is 0 Å². The Balaban J connectivity index is 2.67. The predicted octanol–water partition coefficient (Wildman–Crippen LogP) is 2.18. The smallest absolute Gasteiger partial charge is 0.243 e. The fourth-order valence-electron chi connectivity index (χ4n) is 1.70. The first kappa shape index (κ1) is 16.1. The van der Waals surface area contributed by atoms with Crippen molar-refractivity contribution in [2.75, 3.05) is 6.54 Å². The average Bonchev–Trinajstić information content (AvgIpc) is 2.37. The van der Waals surface area contributed by atoms with Gasteiger partial charge < -0.3 is 5.11 Å². The minimum absolute atomic E-state index is 0.309. The van der Waals surface area contributed by atoms with Crippen LogP contribution in [0.5, 0.6) is 0 Å². The Morgan fingerprint density at radius 2 is 2.00 bits per heavy atom. The zero-order chi connectivity index (χ0) is 14.3. The Bertz CT molecular complexity index is 503. The highest BCUT2D eigenvalue weighted by Gasteiger charge is 2.18. The Morgan fingerprint density at radius 3 is 2.58 bits per heavy atom. The van der Waals surface area contributed by atoms with Crippen molar-refractivity contribution in [3.63, 3.8) is 0 Å². The van der Waals surface area contributed by atoms with Crippen LogP contribution in [0.2, 0.25) is 0 Å². The third-order valence-corrected chi connectivity index (χ3v) is 4.29. The number of nitrogens with one attached hydrogen (secondary N) is 1. The molecule has 0 saturated heterocycles. The maximum atomic E-state index is 13.6. The van der Waals surface area contributed by atoms with Crippen molar-refractivity contribution in [3.05, 3.63) is 29.6 Å². The largest absolute Gasteiger partial charge is 0.392 e. The van der Waals surface area contributed by atoms with Crippen molar-refractivity contribution in [2.45, 2.75) is 44.1 Å². The molecule has 2 N–H and O–H groups in total. The SMILES string of the molecule is CCCCCCNS(=O)(=O)c1ccc(CO)cc1F. The molecule has 0 aromatic heterocycles. The molecule has 0 aliphatic carbocycles. The summed E-state index contributed by atoms with van der Waals surface area (Å²) in [5.74, 6) is -0.840. The summed E-state index contributed by atoms with van der Waals surface area (Å²) in [4.78, 5) is -0.375. The van der Waals surface area contributed by atoms with Gasteiger partial charge in [0.2, 0.25) is 10.0 Å². The molecule has 0 saturated carbocycles. The van der Waals surface area contributed by atoms with Crippen LogP contribution >= 0.6 is 0 Å². The van der Waals surface area contributed by atoms with Gasteiger partial charge >= 0.3 is 0 Å². The van der Waals surface area contributed by atoms with E-state index in [-0.39, 0.29) is 11.5 Å². The molecule has 0 bridgehead atoms. The third kappa shape index (κ3) is 4.89. The number of benzene rings is 1. The summed E-state index contributed by atoms with van der Waals surface area (Å²) in [6, 6.07) is 3.61. The van der Waals surface area contributed by atoms with Gasteiger partial charge in [-0.3, -0.25) is 0 Å². The van der Waals surface area contributed by atoms with Crippen molar-refractivity contribution in [2.24, 2.45) is 0 Å². The highest BCUT2D eigenvalue weighted by atomic mass is 32.2. The molecule has 108 valence electrons. The number of unbranched alkanes of at least 4 members (excludes halogenated alkanes) is 3. The molecule has 0 aliphatic rings. The van der Waals surface area contributed by atoms with E-state index < -0.39 is 15.8 Å².